The van der Waals surface area contributed by atoms with Crippen LogP contribution in [-0.4, -0.2) is 9.55 Å². The van der Waals surface area contributed by atoms with Crippen molar-refractivity contribution in [3.63, 3.8) is 0 Å². The Morgan fingerprint density at radius 2 is 2.07 bits per heavy atom. The van der Waals surface area contributed by atoms with E-state index < -0.39 is 0 Å². The second kappa shape index (κ2) is 4.09. The van der Waals surface area contributed by atoms with Gasteiger partial charge in [0.15, 0.2) is 0 Å². The number of aryl methyl sites for hydroxylation is 1. The van der Waals surface area contributed by atoms with E-state index in [1.54, 1.807) is 22.9 Å². The molecule has 76 valence electrons. The number of nitrogens with zero attached hydrogens (tertiary/aromatic N) is 2. The summed E-state index contributed by atoms with van der Waals surface area (Å²) >= 11 is 0. The Morgan fingerprint density at radius 1 is 1.20 bits per heavy atom. The van der Waals surface area contributed by atoms with Gasteiger partial charge in [0, 0.05) is 18.0 Å². The van der Waals surface area contributed by atoms with Gasteiger partial charge in [0.1, 0.15) is 5.82 Å². The summed E-state index contributed by atoms with van der Waals surface area (Å²) < 4.78 is 1.64. The molecular formula is C12H12N2O. The molecule has 0 radical (unpaired) electrons. The van der Waals surface area contributed by atoms with Crippen molar-refractivity contribution in [1.29, 1.82) is 0 Å². The Morgan fingerprint density at radius 3 is 2.73 bits per heavy atom. The van der Waals surface area contributed by atoms with Gasteiger partial charge in [0.2, 0.25) is 0 Å². The van der Waals surface area contributed by atoms with Crippen molar-refractivity contribution in [1.82, 2.24) is 9.55 Å². The molecule has 0 unspecified atom stereocenters. The van der Waals surface area contributed by atoms with Gasteiger partial charge in [-0.05, 0) is 24.6 Å². The average molecular weight is 200 g/mol. The van der Waals surface area contributed by atoms with Crippen molar-refractivity contribution >= 4 is 0 Å². The first-order chi connectivity index (χ1) is 7.33. The lowest BCUT2D eigenvalue weighted by Gasteiger charge is -2.09. The fraction of sp³-hybridized carbons (Fsp3) is 0.167. The number of pyridine rings is 2. The third kappa shape index (κ3) is 1.81. The van der Waals surface area contributed by atoms with E-state index in [2.05, 4.69) is 4.98 Å². The molecule has 0 aliphatic carbocycles. The molecule has 0 aromatic carbocycles. The topological polar surface area (TPSA) is 34.9 Å². The van der Waals surface area contributed by atoms with E-state index in [1.807, 2.05) is 31.2 Å². The van der Waals surface area contributed by atoms with E-state index in [0.29, 0.717) is 5.82 Å². The predicted molar refractivity (Wildman–Crippen MR) is 59.2 cm³/mol. The van der Waals surface area contributed by atoms with Crippen molar-refractivity contribution in [2.24, 2.45) is 0 Å². The van der Waals surface area contributed by atoms with E-state index in [0.717, 1.165) is 12.1 Å². The highest BCUT2D eigenvalue weighted by Crippen LogP contribution is 2.05. The van der Waals surface area contributed by atoms with Crippen LogP contribution in [0.25, 0.3) is 5.82 Å². The third-order valence-corrected chi connectivity index (χ3v) is 2.28. The van der Waals surface area contributed by atoms with Gasteiger partial charge in [-0.2, -0.15) is 0 Å². The van der Waals surface area contributed by atoms with Gasteiger partial charge in [-0.25, -0.2) is 4.98 Å². The molecule has 0 amide bonds. The van der Waals surface area contributed by atoms with Gasteiger partial charge in [0.25, 0.3) is 5.56 Å². The summed E-state index contributed by atoms with van der Waals surface area (Å²) in [5.41, 5.74) is 0.939. The van der Waals surface area contributed by atoms with Crippen LogP contribution in [0.5, 0.6) is 0 Å². The quantitative estimate of drug-likeness (QED) is 0.740. The van der Waals surface area contributed by atoms with E-state index >= 15 is 0 Å². The van der Waals surface area contributed by atoms with Gasteiger partial charge in [-0.15, -0.1) is 0 Å². The Kier molecular flexibility index (Phi) is 2.63. The molecule has 2 aromatic rings. The van der Waals surface area contributed by atoms with Crippen molar-refractivity contribution in [3.05, 3.63) is 58.6 Å². The summed E-state index contributed by atoms with van der Waals surface area (Å²) in [4.78, 5) is 15.9. The van der Waals surface area contributed by atoms with Crippen LogP contribution >= 0.6 is 0 Å². The first kappa shape index (κ1) is 9.65. The molecule has 15 heavy (non-hydrogen) atoms. The fourth-order valence-electron chi connectivity index (χ4n) is 1.55. The minimum Gasteiger partial charge on any atom is -0.269 e. The summed E-state index contributed by atoms with van der Waals surface area (Å²) in [5.74, 6) is 0.681. The Balaban J connectivity index is 2.67. The number of hydrogen-bond donors (Lipinski definition) is 0. The molecule has 3 heteroatoms. The first-order valence-electron chi connectivity index (χ1n) is 4.95. The Labute approximate surface area is 88.0 Å². The van der Waals surface area contributed by atoms with E-state index in [1.165, 1.54) is 0 Å². The molecule has 2 rings (SSSR count). The molecule has 2 aromatic heterocycles. The van der Waals surface area contributed by atoms with Crippen LogP contribution in [0.2, 0.25) is 0 Å². The van der Waals surface area contributed by atoms with Gasteiger partial charge in [-0.1, -0.05) is 19.1 Å². The summed E-state index contributed by atoms with van der Waals surface area (Å²) in [7, 11) is 0. The Hall–Kier alpha value is -1.90. The van der Waals surface area contributed by atoms with Crippen molar-refractivity contribution < 1.29 is 0 Å². The van der Waals surface area contributed by atoms with Crippen LogP contribution in [0, 0.1) is 0 Å². The molecule has 0 bridgehead atoms. The zero-order chi connectivity index (χ0) is 10.7. The molecule has 0 fully saturated rings. The maximum atomic E-state index is 11.7. The molecular weight excluding hydrogens is 188 g/mol. The molecule has 0 saturated carbocycles. The number of hydrogen-bond acceptors (Lipinski definition) is 2. The Bertz CT molecular complexity index is 503. The van der Waals surface area contributed by atoms with E-state index in [4.69, 9.17) is 0 Å². The maximum Gasteiger partial charge on any atom is 0.256 e. The number of rotatable bonds is 2. The minimum atomic E-state index is -0.0342. The highest BCUT2D eigenvalue weighted by Gasteiger charge is 2.03. The molecule has 0 aliphatic rings. The second-order valence-electron chi connectivity index (χ2n) is 3.23. The average Bonchev–Trinajstić information content (AvgIpc) is 2.29. The van der Waals surface area contributed by atoms with Crippen LogP contribution in [0.1, 0.15) is 12.6 Å². The van der Waals surface area contributed by atoms with Crippen LogP contribution < -0.4 is 5.56 Å². The summed E-state index contributed by atoms with van der Waals surface area (Å²) in [6, 6.07) is 10.8. The monoisotopic (exact) mass is 200 g/mol. The number of aromatic nitrogens is 2. The third-order valence-electron chi connectivity index (χ3n) is 2.28. The van der Waals surface area contributed by atoms with Crippen LogP contribution in [0.15, 0.2) is 47.4 Å². The van der Waals surface area contributed by atoms with Gasteiger partial charge < -0.3 is 0 Å². The van der Waals surface area contributed by atoms with Crippen molar-refractivity contribution in [3.8, 4) is 5.82 Å². The smallest absolute Gasteiger partial charge is 0.256 e. The minimum absolute atomic E-state index is 0.0342. The van der Waals surface area contributed by atoms with Crippen molar-refractivity contribution in [2.45, 2.75) is 13.3 Å². The molecule has 0 spiro atoms. The zero-order valence-corrected chi connectivity index (χ0v) is 8.55. The molecule has 0 atom stereocenters. The van der Waals surface area contributed by atoms with Gasteiger partial charge in [-0.3, -0.25) is 9.36 Å². The normalized spacial score (nSPS) is 10.2. The first-order valence-corrected chi connectivity index (χ1v) is 4.95. The van der Waals surface area contributed by atoms with Crippen LogP contribution in [-0.2, 0) is 6.42 Å². The van der Waals surface area contributed by atoms with Crippen molar-refractivity contribution in [2.75, 3.05) is 0 Å². The van der Waals surface area contributed by atoms with E-state index in [-0.39, 0.29) is 5.56 Å². The summed E-state index contributed by atoms with van der Waals surface area (Å²) in [6.07, 6.45) is 2.50. The lowest BCUT2D eigenvalue weighted by Crippen LogP contribution is -2.21. The SMILES string of the molecule is CCc1cccc(=O)n1-c1ccccn1. The second-order valence-corrected chi connectivity index (χ2v) is 3.23. The van der Waals surface area contributed by atoms with Gasteiger partial charge in [0.05, 0.1) is 0 Å². The predicted octanol–water partition coefficient (Wildman–Crippen LogP) is 1.79. The maximum absolute atomic E-state index is 11.7. The molecule has 0 saturated heterocycles. The lowest BCUT2D eigenvalue weighted by molar-refractivity contribution is 0.850. The summed E-state index contributed by atoms with van der Waals surface area (Å²) in [5, 5.41) is 0. The van der Waals surface area contributed by atoms with Gasteiger partial charge >= 0.3 is 0 Å². The standard InChI is InChI=1S/C12H12N2O/c1-2-10-6-5-8-12(15)14(10)11-7-3-4-9-13-11/h3-9H,2H2,1H3. The van der Waals surface area contributed by atoms with Crippen LogP contribution in [0.3, 0.4) is 0 Å². The highest BCUT2D eigenvalue weighted by molar-refractivity contribution is 5.26. The molecule has 0 N–H and O–H groups in total. The lowest BCUT2D eigenvalue weighted by atomic mass is 10.2. The van der Waals surface area contributed by atoms with E-state index in [9.17, 15) is 4.79 Å². The molecule has 0 aliphatic heterocycles. The largest absolute Gasteiger partial charge is 0.269 e. The fourth-order valence-corrected chi connectivity index (χ4v) is 1.55. The zero-order valence-electron chi connectivity index (χ0n) is 8.55. The summed E-state index contributed by atoms with van der Waals surface area (Å²) in [6.45, 7) is 2.02. The van der Waals surface area contributed by atoms with Crippen LogP contribution in [0.4, 0.5) is 0 Å². The highest BCUT2D eigenvalue weighted by atomic mass is 16.1. The molecule has 3 nitrogen and oxygen atoms in total. The molecule has 2 heterocycles.